The Labute approximate surface area is 115 Å². The molecule has 5 nitrogen and oxygen atoms in total. The average molecular weight is 270 g/mol. The van der Waals surface area contributed by atoms with Crippen LogP contribution in [0.4, 0.5) is 5.69 Å². The number of anilines is 1. The van der Waals surface area contributed by atoms with E-state index in [9.17, 15) is 4.79 Å². The quantitative estimate of drug-likeness (QED) is 0.739. The number of rotatable bonds is 4. The molecule has 2 aromatic carbocycles. The zero-order chi connectivity index (χ0) is 13.9. The number of benzene rings is 2. The Morgan fingerprint density at radius 1 is 1.15 bits per heavy atom. The molecule has 0 aliphatic carbocycles. The van der Waals surface area contributed by atoms with E-state index in [1.54, 1.807) is 18.2 Å². The Morgan fingerprint density at radius 3 is 2.75 bits per heavy atom. The first-order valence-electron chi connectivity index (χ1n) is 6.24. The summed E-state index contributed by atoms with van der Waals surface area (Å²) in [6.45, 7) is 0.562. The van der Waals surface area contributed by atoms with Gasteiger partial charge in [-0.2, -0.15) is 0 Å². The molecule has 0 saturated carbocycles. The second-order valence-corrected chi connectivity index (χ2v) is 4.49. The van der Waals surface area contributed by atoms with E-state index in [0.29, 0.717) is 23.4 Å². The summed E-state index contributed by atoms with van der Waals surface area (Å²) in [5, 5.41) is 0. The minimum absolute atomic E-state index is 0.129. The first-order chi connectivity index (χ1) is 9.74. The van der Waals surface area contributed by atoms with Crippen molar-refractivity contribution < 1.29 is 9.15 Å². The van der Waals surface area contributed by atoms with Gasteiger partial charge in [-0.05, 0) is 23.8 Å². The Hall–Kier alpha value is -2.53. The van der Waals surface area contributed by atoms with Gasteiger partial charge in [0.15, 0.2) is 5.58 Å². The molecule has 0 aliphatic rings. The predicted molar refractivity (Wildman–Crippen MR) is 76.1 cm³/mol. The van der Waals surface area contributed by atoms with Gasteiger partial charge in [0.2, 0.25) is 0 Å². The molecule has 102 valence electrons. The van der Waals surface area contributed by atoms with Gasteiger partial charge >= 0.3 is 5.76 Å². The minimum atomic E-state index is -0.446. The molecule has 0 fully saturated rings. The maximum atomic E-state index is 11.8. The van der Waals surface area contributed by atoms with Gasteiger partial charge in [0.25, 0.3) is 0 Å². The van der Waals surface area contributed by atoms with Crippen molar-refractivity contribution in [3.05, 3.63) is 64.6 Å². The number of fused-ring (bicyclic) bond motifs is 1. The molecule has 5 heteroatoms. The summed E-state index contributed by atoms with van der Waals surface area (Å²) in [7, 11) is 0. The number of nitrogens with two attached hydrogens (primary N) is 1. The SMILES string of the molecule is Nc1ccc2oc(=O)n(COCc3ccccc3)c2c1. The molecule has 0 saturated heterocycles. The van der Waals surface area contributed by atoms with Gasteiger partial charge < -0.3 is 14.9 Å². The number of ether oxygens (including phenoxy) is 1. The summed E-state index contributed by atoms with van der Waals surface area (Å²) < 4.78 is 12.1. The van der Waals surface area contributed by atoms with Gasteiger partial charge in [-0.25, -0.2) is 9.36 Å². The molecule has 0 aliphatic heterocycles. The molecule has 0 amide bonds. The van der Waals surface area contributed by atoms with Crippen LogP contribution in [0.5, 0.6) is 0 Å². The summed E-state index contributed by atoms with van der Waals surface area (Å²) in [6.07, 6.45) is 0. The molecule has 1 heterocycles. The molecule has 3 aromatic rings. The highest BCUT2D eigenvalue weighted by atomic mass is 16.5. The van der Waals surface area contributed by atoms with Crippen LogP contribution in [0.25, 0.3) is 11.1 Å². The average Bonchev–Trinajstić information content (AvgIpc) is 2.76. The van der Waals surface area contributed by atoms with E-state index >= 15 is 0 Å². The van der Waals surface area contributed by atoms with E-state index in [1.165, 1.54) is 4.57 Å². The van der Waals surface area contributed by atoms with Crippen molar-refractivity contribution >= 4 is 16.8 Å². The number of nitrogen functional groups attached to an aromatic ring is 1. The fraction of sp³-hybridized carbons (Fsp3) is 0.133. The van der Waals surface area contributed by atoms with E-state index < -0.39 is 5.76 Å². The molecule has 20 heavy (non-hydrogen) atoms. The predicted octanol–water partition coefficient (Wildman–Crippen LogP) is 2.35. The van der Waals surface area contributed by atoms with Gasteiger partial charge in [0, 0.05) is 5.69 Å². The lowest BCUT2D eigenvalue weighted by Crippen LogP contribution is -2.16. The largest absolute Gasteiger partial charge is 0.421 e. The van der Waals surface area contributed by atoms with Crippen molar-refractivity contribution in [1.82, 2.24) is 4.57 Å². The van der Waals surface area contributed by atoms with Gasteiger partial charge in [-0.3, -0.25) is 0 Å². The van der Waals surface area contributed by atoms with E-state index in [1.807, 2.05) is 30.3 Å². The highest BCUT2D eigenvalue weighted by Gasteiger charge is 2.09. The molecule has 0 atom stereocenters. The van der Waals surface area contributed by atoms with Gasteiger partial charge in [-0.1, -0.05) is 30.3 Å². The van der Waals surface area contributed by atoms with E-state index in [4.69, 9.17) is 14.9 Å². The lowest BCUT2D eigenvalue weighted by Gasteiger charge is -2.05. The number of aromatic nitrogens is 1. The molecule has 2 N–H and O–H groups in total. The van der Waals surface area contributed by atoms with Crippen molar-refractivity contribution in [2.75, 3.05) is 5.73 Å². The van der Waals surface area contributed by atoms with Crippen LogP contribution in [0.3, 0.4) is 0 Å². The second kappa shape index (κ2) is 5.22. The number of hydrogen-bond donors (Lipinski definition) is 1. The summed E-state index contributed by atoms with van der Waals surface area (Å²) in [5.41, 5.74) is 8.50. The van der Waals surface area contributed by atoms with Crippen LogP contribution in [-0.4, -0.2) is 4.57 Å². The fourth-order valence-corrected chi connectivity index (χ4v) is 2.03. The molecule has 1 aromatic heterocycles. The molecular weight excluding hydrogens is 256 g/mol. The van der Waals surface area contributed by atoms with E-state index in [-0.39, 0.29) is 6.73 Å². The second-order valence-electron chi connectivity index (χ2n) is 4.49. The maximum absolute atomic E-state index is 11.8. The summed E-state index contributed by atoms with van der Waals surface area (Å²) in [6, 6.07) is 14.8. The topological polar surface area (TPSA) is 70.4 Å². The van der Waals surface area contributed by atoms with Crippen LogP contribution >= 0.6 is 0 Å². The smallest absolute Gasteiger partial charge is 0.408 e. The van der Waals surface area contributed by atoms with Gasteiger partial charge in [0.05, 0.1) is 12.1 Å². The molecular formula is C15H14N2O3. The van der Waals surface area contributed by atoms with Crippen molar-refractivity contribution in [2.45, 2.75) is 13.3 Å². The molecule has 0 unspecified atom stereocenters. The highest BCUT2D eigenvalue weighted by molar-refractivity contribution is 5.76. The van der Waals surface area contributed by atoms with Gasteiger partial charge in [0.1, 0.15) is 6.73 Å². The first kappa shape index (κ1) is 12.5. The Balaban J connectivity index is 1.79. The monoisotopic (exact) mass is 270 g/mol. The zero-order valence-electron chi connectivity index (χ0n) is 10.8. The summed E-state index contributed by atoms with van der Waals surface area (Å²) in [4.78, 5) is 11.8. The van der Waals surface area contributed by atoms with Crippen LogP contribution in [0.2, 0.25) is 0 Å². The van der Waals surface area contributed by atoms with Crippen molar-refractivity contribution in [1.29, 1.82) is 0 Å². The van der Waals surface area contributed by atoms with Crippen LogP contribution in [0.1, 0.15) is 5.56 Å². The third kappa shape index (κ3) is 2.44. The van der Waals surface area contributed by atoms with Crippen LogP contribution in [0.15, 0.2) is 57.7 Å². The van der Waals surface area contributed by atoms with Crippen LogP contribution in [-0.2, 0) is 18.1 Å². The van der Waals surface area contributed by atoms with Crippen molar-refractivity contribution in [3.63, 3.8) is 0 Å². The lowest BCUT2D eigenvalue weighted by molar-refractivity contribution is 0.0621. The third-order valence-corrected chi connectivity index (χ3v) is 3.02. The normalized spacial score (nSPS) is 11.0. The summed E-state index contributed by atoms with van der Waals surface area (Å²) in [5.74, 6) is -0.446. The molecule has 0 spiro atoms. The Morgan fingerprint density at radius 2 is 1.95 bits per heavy atom. The Kier molecular flexibility index (Phi) is 3.26. The fourth-order valence-electron chi connectivity index (χ4n) is 2.03. The number of oxazole rings is 1. The number of hydrogen-bond acceptors (Lipinski definition) is 4. The Bertz CT molecular complexity index is 775. The van der Waals surface area contributed by atoms with Gasteiger partial charge in [-0.15, -0.1) is 0 Å². The summed E-state index contributed by atoms with van der Waals surface area (Å²) >= 11 is 0. The molecule has 0 bridgehead atoms. The third-order valence-electron chi connectivity index (χ3n) is 3.02. The van der Waals surface area contributed by atoms with Crippen molar-refractivity contribution in [2.24, 2.45) is 0 Å². The number of nitrogens with zero attached hydrogens (tertiary/aromatic N) is 1. The van der Waals surface area contributed by atoms with Crippen LogP contribution in [0, 0.1) is 0 Å². The first-order valence-corrected chi connectivity index (χ1v) is 6.24. The molecule has 0 radical (unpaired) electrons. The zero-order valence-corrected chi connectivity index (χ0v) is 10.8. The minimum Gasteiger partial charge on any atom is -0.408 e. The standard InChI is InChI=1S/C15H14N2O3/c16-12-6-7-14-13(8-12)17(15(18)20-14)10-19-9-11-4-2-1-3-5-11/h1-8H,9-10,16H2. The maximum Gasteiger partial charge on any atom is 0.421 e. The van der Waals surface area contributed by atoms with E-state index in [0.717, 1.165) is 5.56 Å². The van der Waals surface area contributed by atoms with Crippen LogP contribution < -0.4 is 11.5 Å². The lowest BCUT2D eigenvalue weighted by atomic mass is 10.2. The van der Waals surface area contributed by atoms with E-state index in [2.05, 4.69) is 0 Å². The van der Waals surface area contributed by atoms with Crippen molar-refractivity contribution in [3.8, 4) is 0 Å². The highest BCUT2D eigenvalue weighted by Crippen LogP contribution is 2.16. The molecule has 3 rings (SSSR count).